The van der Waals surface area contributed by atoms with Crippen LogP contribution in [0.15, 0.2) is 60.1 Å². The minimum atomic E-state index is -0.469. The van der Waals surface area contributed by atoms with E-state index in [1.54, 1.807) is 32.2 Å². The van der Waals surface area contributed by atoms with Crippen molar-refractivity contribution in [2.75, 3.05) is 21.3 Å². The molecule has 0 N–H and O–H groups in total. The van der Waals surface area contributed by atoms with Crippen molar-refractivity contribution in [3.63, 3.8) is 0 Å². The number of carbonyl (C=O) groups is 1. The summed E-state index contributed by atoms with van der Waals surface area (Å²) < 4.78 is 24.6. The standard InChI is InChI=1S/C29H28N4O5/c1-29(2)13-18(34)24-22(14-29)38-28-25(23(24)16-10-11-20(36-4)21(12-16)37-5)27-31-26(32-33(27)15-30-28)17-8-6-7-9-19(17)35-3/h6-12,15,23H,13-14H2,1-5H3/t23-/m0/s1. The largest absolute Gasteiger partial charge is 0.496 e. The van der Waals surface area contributed by atoms with Gasteiger partial charge in [0.25, 0.3) is 0 Å². The number of hydrogen-bond donors (Lipinski definition) is 0. The topological polar surface area (TPSA) is 97.1 Å². The van der Waals surface area contributed by atoms with Crippen molar-refractivity contribution in [3.8, 4) is 34.5 Å². The van der Waals surface area contributed by atoms with E-state index in [9.17, 15) is 4.79 Å². The van der Waals surface area contributed by atoms with Crippen molar-refractivity contribution in [1.82, 2.24) is 19.6 Å². The number of hydrogen-bond acceptors (Lipinski definition) is 8. The first-order valence-electron chi connectivity index (χ1n) is 12.4. The van der Waals surface area contributed by atoms with E-state index in [2.05, 4.69) is 18.8 Å². The molecule has 1 atom stereocenters. The summed E-state index contributed by atoms with van der Waals surface area (Å²) in [7, 11) is 4.80. The number of para-hydroxylation sites is 1. The van der Waals surface area contributed by atoms with Crippen LogP contribution in [0, 0.1) is 5.41 Å². The SMILES string of the molecule is COc1ccc([C@H]2C3=C(CC(C)(C)CC3=O)Oc3ncn4nc(-c5ccccc5OC)nc4c32)cc1OC. The molecule has 6 rings (SSSR count). The van der Waals surface area contributed by atoms with E-state index < -0.39 is 5.92 Å². The van der Waals surface area contributed by atoms with Gasteiger partial charge in [0.1, 0.15) is 17.8 Å². The molecular formula is C29H28N4O5. The lowest BCUT2D eigenvalue weighted by Crippen LogP contribution is -2.33. The van der Waals surface area contributed by atoms with Gasteiger partial charge in [-0.1, -0.05) is 32.0 Å². The molecule has 2 aromatic heterocycles. The average Bonchev–Trinajstić information content (AvgIpc) is 3.35. The van der Waals surface area contributed by atoms with Crippen LogP contribution in [-0.2, 0) is 4.79 Å². The number of ether oxygens (including phenoxy) is 4. The Balaban J connectivity index is 1.61. The van der Waals surface area contributed by atoms with E-state index in [-0.39, 0.29) is 11.2 Å². The van der Waals surface area contributed by atoms with Crippen LogP contribution in [0.25, 0.3) is 17.0 Å². The van der Waals surface area contributed by atoms with Gasteiger partial charge in [0.05, 0.1) is 38.4 Å². The summed E-state index contributed by atoms with van der Waals surface area (Å²) in [4.78, 5) is 23.2. The molecule has 0 fully saturated rings. The first kappa shape index (κ1) is 24.0. The number of carbonyl (C=O) groups excluding carboxylic acids is 1. The Morgan fingerprint density at radius 3 is 2.50 bits per heavy atom. The monoisotopic (exact) mass is 512 g/mol. The molecule has 0 spiro atoms. The maximum Gasteiger partial charge on any atom is 0.228 e. The third-order valence-electron chi connectivity index (χ3n) is 7.15. The molecule has 0 amide bonds. The van der Waals surface area contributed by atoms with Crippen LogP contribution in [0.4, 0.5) is 0 Å². The molecule has 0 saturated heterocycles. The molecule has 0 unspecified atom stereocenters. The summed E-state index contributed by atoms with van der Waals surface area (Å²) in [5, 5.41) is 4.70. The number of allylic oxidation sites excluding steroid dienone is 2. The molecule has 0 saturated carbocycles. The quantitative estimate of drug-likeness (QED) is 0.369. The summed E-state index contributed by atoms with van der Waals surface area (Å²) in [6.45, 7) is 4.15. The summed E-state index contributed by atoms with van der Waals surface area (Å²) in [6, 6.07) is 13.3. The van der Waals surface area contributed by atoms with E-state index in [4.69, 9.17) is 29.0 Å². The Labute approximate surface area is 220 Å². The second kappa shape index (κ2) is 8.86. The van der Waals surface area contributed by atoms with Gasteiger partial charge in [0.2, 0.25) is 5.88 Å². The molecule has 0 bridgehead atoms. The summed E-state index contributed by atoms with van der Waals surface area (Å²) in [5.41, 5.74) is 3.25. The summed E-state index contributed by atoms with van der Waals surface area (Å²) >= 11 is 0. The Hall–Kier alpha value is -4.40. The van der Waals surface area contributed by atoms with Crippen molar-refractivity contribution in [1.29, 1.82) is 0 Å². The van der Waals surface area contributed by atoms with Gasteiger partial charge in [-0.05, 0) is 35.2 Å². The number of ketones is 1. The normalized spacial score (nSPS) is 18.0. The summed E-state index contributed by atoms with van der Waals surface area (Å²) in [6.07, 6.45) is 2.64. The van der Waals surface area contributed by atoms with E-state index in [1.807, 2.05) is 42.5 Å². The van der Waals surface area contributed by atoms with Crippen LogP contribution in [-0.4, -0.2) is 46.7 Å². The van der Waals surface area contributed by atoms with Crippen molar-refractivity contribution in [2.45, 2.75) is 32.6 Å². The molecule has 2 aliphatic rings. The highest BCUT2D eigenvalue weighted by Crippen LogP contribution is 2.51. The van der Waals surface area contributed by atoms with Crippen LogP contribution in [0.3, 0.4) is 0 Å². The second-order valence-corrected chi connectivity index (χ2v) is 10.3. The Morgan fingerprint density at radius 1 is 0.974 bits per heavy atom. The lowest BCUT2D eigenvalue weighted by Gasteiger charge is -2.37. The van der Waals surface area contributed by atoms with Crippen LogP contribution in [0.1, 0.15) is 43.7 Å². The molecule has 2 aromatic carbocycles. The lowest BCUT2D eigenvalue weighted by atomic mass is 9.70. The second-order valence-electron chi connectivity index (χ2n) is 10.3. The van der Waals surface area contributed by atoms with Crippen LogP contribution < -0.4 is 18.9 Å². The fourth-order valence-corrected chi connectivity index (χ4v) is 5.45. The zero-order chi connectivity index (χ0) is 26.6. The minimum absolute atomic E-state index is 0.0492. The van der Waals surface area contributed by atoms with Gasteiger partial charge in [-0.2, -0.15) is 0 Å². The molecule has 9 heteroatoms. The van der Waals surface area contributed by atoms with Crippen molar-refractivity contribution in [2.24, 2.45) is 5.41 Å². The molecule has 194 valence electrons. The molecule has 0 radical (unpaired) electrons. The van der Waals surface area contributed by atoms with E-state index in [1.165, 1.54) is 0 Å². The fourth-order valence-electron chi connectivity index (χ4n) is 5.45. The van der Waals surface area contributed by atoms with Gasteiger partial charge >= 0.3 is 0 Å². The first-order chi connectivity index (χ1) is 18.3. The maximum atomic E-state index is 13.7. The van der Waals surface area contributed by atoms with Crippen molar-refractivity contribution in [3.05, 3.63) is 71.3 Å². The van der Waals surface area contributed by atoms with Gasteiger partial charge in [-0.25, -0.2) is 14.5 Å². The van der Waals surface area contributed by atoms with E-state index in [0.29, 0.717) is 64.3 Å². The maximum absolute atomic E-state index is 13.7. The highest BCUT2D eigenvalue weighted by atomic mass is 16.5. The first-order valence-corrected chi connectivity index (χ1v) is 12.4. The van der Waals surface area contributed by atoms with E-state index >= 15 is 0 Å². The number of methoxy groups -OCH3 is 3. The smallest absolute Gasteiger partial charge is 0.228 e. The predicted molar refractivity (Wildman–Crippen MR) is 140 cm³/mol. The molecule has 3 heterocycles. The van der Waals surface area contributed by atoms with Crippen LogP contribution in [0.5, 0.6) is 23.1 Å². The van der Waals surface area contributed by atoms with Gasteiger partial charge in [-0.15, -0.1) is 5.10 Å². The van der Waals surface area contributed by atoms with Gasteiger partial charge in [0.15, 0.2) is 28.8 Å². The number of Topliss-reactive ketones (excluding diaryl/α,β-unsaturated/α-hetero) is 1. The zero-order valence-corrected chi connectivity index (χ0v) is 21.9. The van der Waals surface area contributed by atoms with Gasteiger partial charge < -0.3 is 18.9 Å². The number of aromatic nitrogens is 4. The minimum Gasteiger partial charge on any atom is -0.496 e. The molecular weight excluding hydrogens is 484 g/mol. The molecule has 1 aliphatic heterocycles. The molecule has 9 nitrogen and oxygen atoms in total. The molecule has 4 aromatic rings. The number of fused-ring (bicyclic) bond motifs is 3. The third kappa shape index (κ3) is 3.77. The highest BCUT2D eigenvalue weighted by Gasteiger charge is 2.44. The lowest BCUT2D eigenvalue weighted by molar-refractivity contribution is -0.118. The van der Waals surface area contributed by atoms with Crippen molar-refractivity contribution < 1.29 is 23.7 Å². The Bertz CT molecular complexity index is 1620. The molecule has 38 heavy (non-hydrogen) atoms. The van der Waals surface area contributed by atoms with Crippen LogP contribution >= 0.6 is 0 Å². The fraction of sp³-hybridized carbons (Fsp3) is 0.310. The Morgan fingerprint density at radius 2 is 1.74 bits per heavy atom. The zero-order valence-electron chi connectivity index (χ0n) is 21.9. The van der Waals surface area contributed by atoms with E-state index in [0.717, 1.165) is 11.1 Å². The number of benzene rings is 2. The summed E-state index contributed by atoms with van der Waals surface area (Å²) in [5.74, 6) is 2.97. The number of nitrogens with zero attached hydrogens (tertiary/aromatic N) is 4. The highest BCUT2D eigenvalue weighted by molar-refractivity contribution is 6.00. The predicted octanol–water partition coefficient (Wildman–Crippen LogP) is 4.98. The van der Waals surface area contributed by atoms with Gasteiger partial charge in [-0.3, -0.25) is 4.79 Å². The molecule has 1 aliphatic carbocycles. The van der Waals surface area contributed by atoms with Crippen LogP contribution in [0.2, 0.25) is 0 Å². The number of rotatable bonds is 5. The Kier molecular flexibility index (Phi) is 5.59. The third-order valence-corrected chi connectivity index (χ3v) is 7.15. The van der Waals surface area contributed by atoms with Gasteiger partial charge in [0, 0.05) is 18.4 Å². The van der Waals surface area contributed by atoms with Crippen molar-refractivity contribution >= 4 is 11.4 Å². The average molecular weight is 513 g/mol.